The number of carbonyl (C=O) groups is 2. The van der Waals surface area contributed by atoms with E-state index in [1.165, 1.54) is 30.6 Å². The first-order valence-electron chi connectivity index (χ1n) is 10.3. The SMILES string of the molecule is COC(=O)CCCC[C@H]1[C@@H]2CC[C@@H](C2)[C@@H]1NC(=O)c1ccc(Sc2cccs2)s1. The fourth-order valence-corrected chi connectivity index (χ4v) is 8.00. The molecule has 4 nitrogen and oxygen atoms in total. The summed E-state index contributed by atoms with van der Waals surface area (Å²) in [7, 11) is 1.44. The highest BCUT2D eigenvalue weighted by Gasteiger charge is 2.47. The van der Waals surface area contributed by atoms with Crippen LogP contribution in [-0.2, 0) is 9.53 Å². The standard InChI is InChI=1S/C22H27NO3S3/c1-26-18(24)6-3-2-5-16-14-8-9-15(13-14)21(16)23-22(25)17-10-11-20(28-17)29-19-7-4-12-27-19/h4,7,10-12,14-16,21H,2-3,5-6,8-9,13H2,1H3,(H,23,25)/t14-,15+,16+,21+/m1/s1. The van der Waals surface area contributed by atoms with Crippen LogP contribution in [-0.4, -0.2) is 25.0 Å². The van der Waals surface area contributed by atoms with Crippen LogP contribution in [0.4, 0.5) is 0 Å². The van der Waals surface area contributed by atoms with E-state index in [0.29, 0.717) is 18.3 Å². The molecule has 1 N–H and O–H groups in total. The number of fused-ring (bicyclic) bond motifs is 2. The largest absolute Gasteiger partial charge is 0.469 e. The van der Waals surface area contributed by atoms with Crippen LogP contribution in [0, 0.1) is 17.8 Å². The van der Waals surface area contributed by atoms with E-state index in [0.717, 1.165) is 34.3 Å². The predicted octanol–water partition coefficient (Wildman–Crippen LogP) is 5.84. The third kappa shape index (κ3) is 5.06. The van der Waals surface area contributed by atoms with Crippen LogP contribution in [0.15, 0.2) is 38.1 Å². The quantitative estimate of drug-likeness (QED) is 0.386. The molecule has 29 heavy (non-hydrogen) atoms. The zero-order chi connectivity index (χ0) is 20.2. The van der Waals surface area contributed by atoms with Gasteiger partial charge in [0, 0.05) is 12.5 Å². The molecular formula is C22H27NO3S3. The van der Waals surface area contributed by atoms with Gasteiger partial charge in [-0.3, -0.25) is 9.59 Å². The molecule has 1 amide bonds. The van der Waals surface area contributed by atoms with Crippen LogP contribution in [0.1, 0.15) is 54.6 Å². The lowest BCUT2D eigenvalue weighted by Gasteiger charge is -2.31. The first-order valence-corrected chi connectivity index (χ1v) is 12.8. The number of rotatable bonds is 9. The molecule has 2 aromatic rings. The summed E-state index contributed by atoms with van der Waals surface area (Å²) in [6.07, 6.45) is 7.25. The van der Waals surface area contributed by atoms with Crippen LogP contribution in [0.5, 0.6) is 0 Å². The third-order valence-corrected chi connectivity index (χ3v) is 9.54. The lowest BCUT2D eigenvalue weighted by Crippen LogP contribution is -2.43. The van der Waals surface area contributed by atoms with Crippen molar-refractivity contribution in [1.29, 1.82) is 0 Å². The van der Waals surface area contributed by atoms with Crippen LogP contribution >= 0.6 is 34.4 Å². The van der Waals surface area contributed by atoms with Crippen molar-refractivity contribution < 1.29 is 14.3 Å². The van der Waals surface area contributed by atoms with Gasteiger partial charge in [-0.2, -0.15) is 0 Å². The van der Waals surface area contributed by atoms with Crippen LogP contribution < -0.4 is 5.32 Å². The number of hydrogen-bond donors (Lipinski definition) is 1. The van der Waals surface area contributed by atoms with Gasteiger partial charge in [0.1, 0.15) is 0 Å². The number of carbonyl (C=O) groups excluding carboxylic acids is 2. The van der Waals surface area contributed by atoms with Gasteiger partial charge in [-0.15, -0.1) is 22.7 Å². The lowest BCUT2D eigenvalue weighted by molar-refractivity contribution is -0.140. The Bertz CT molecular complexity index is 832. The van der Waals surface area contributed by atoms with Crippen LogP contribution in [0.3, 0.4) is 0 Å². The fraction of sp³-hybridized carbons (Fsp3) is 0.545. The molecule has 156 valence electrons. The highest BCUT2D eigenvalue weighted by atomic mass is 32.2. The molecule has 2 aliphatic rings. The smallest absolute Gasteiger partial charge is 0.305 e. The summed E-state index contributed by atoms with van der Waals surface area (Å²) in [6, 6.07) is 8.45. The van der Waals surface area contributed by atoms with Crippen molar-refractivity contribution in [2.75, 3.05) is 7.11 Å². The summed E-state index contributed by atoms with van der Waals surface area (Å²) in [4.78, 5) is 25.1. The highest BCUT2D eigenvalue weighted by molar-refractivity contribution is 8.02. The number of methoxy groups -OCH3 is 1. The zero-order valence-corrected chi connectivity index (χ0v) is 19.0. The van der Waals surface area contributed by atoms with E-state index in [2.05, 4.69) is 28.9 Å². The molecule has 4 atom stereocenters. The van der Waals surface area contributed by atoms with Gasteiger partial charge in [0.25, 0.3) is 5.91 Å². The minimum atomic E-state index is -0.128. The predicted molar refractivity (Wildman–Crippen MR) is 119 cm³/mol. The van der Waals surface area contributed by atoms with E-state index < -0.39 is 0 Å². The van der Waals surface area contributed by atoms with Gasteiger partial charge in [-0.25, -0.2) is 0 Å². The van der Waals surface area contributed by atoms with Crippen molar-refractivity contribution in [3.63, 3.8) is 0 Å². The summed E-state index contributed by atoms with van der Waals surface area (Å²) in [5.74, 6) is 1.85. The number of unbranched alkanes of at least 4 members (excludes halogenated alkanes) is 1. The molecule has 2 aliphatic carbocycles. The number of ether oxygens (including phenoxy) is 1. The Morgan fingerprint density at radius 3 is 2.83 bits per heavy atom. The molecule has 0 spiro atoms. The second-order valence-electron chi connectivity index (χ2n) is 7.97. The first kappa shape index (κ1) is 20.9. The summed E-state index contributed by atoms with van der Waals surface area (Å²) < 4.78 is 7.14. The monoisotopic (exact) mass is 449 g/mol. The van der Waals surface area contributed by atoms with Crippen molar-refractivity contribution in [1.82, 2.24) is 5.32 Å². The molecule has 0 aromatic carbocycles. The van der Waals surface area contributed by atoms with E-state index in [4.69, 9.17) is 4.74 Å². The van der Waals surface area contributed by atoms with Gasteiger partial charge >= 0.3 is 5.97 Å². The molecule has 7 heteroatoms. The van der Waals surface area contributed by atoms with Gasteiger partial charge in [0.05, 0.1) is 20.4 Å². The molecule has 2 bridgehead atoms. The Kier molecular flexibility index (Phi) is 6.98. The zero-order valence-electron chi connectivity index (χ0n) is 16.6. The molecule has 2 heterocycles. The summed E-state index contributed by atoms with van der Waals surface area (Å²) in [6.45, 7) is 0. The maximum absolute atomic E-state index is 12.9. The minimum Gasteiger partial charge on any atom is -0.469 e. The van der Waals surface area contributed by atoms with E-state index >= 15 is 0 Å². The molecule has 0 aliphatic heterocycles. The Labute approximate surface area is 184 Å². The Hall–Kier alpha value is -1.31. The number of thiophene rings is 2. The van der Waals surface area contributed by atoms with E-state index in [9.17, 15) is 9.59 Å². The lowest BCUT2D eigenvalue weighted by atomic mass is 9.81. The molecule has 2 fully saturated rings. The average Bonchev–Trinajstić information content (AvgIpc) is 3.51. The van der Waals surface area contributed by atoms with Crippen molar-refractivity contribution in [2.45, 2.75) is 59.4 Å². The van der Waals surface area contributed by atoms with E-state index in [1.807, 2.05) is 6.07 Å². The second-order valence-corrected chi connectivity index (χ2v) is 11.6. The summed E-state index contributed by atoms with van der Waals surface area (Å²) in [5.41, 5.74) is 0. The van der Waals surface area contributed by atoms with Gasteiger partial charge in [0.15, 0.2) is 0 Å². The van der Waals surface area contributed by atoms with E-state index in [1.54, 1.807) is 34.4 Å². The molecule has 2 saturated carbocycles. The third-order valence-electron chi connectivity index (χ3n) is 6.28. The van der Waals surface area contributed by atoms with Crippen molar-refractivity contribution in [2.24, 2.45) is 17.8 Å². The maximum Gasteiger partial charge on any atom is 0.305 e. The van der Waals surface area contributed by atoms with Gasteiger partial charge in [-0.05, 0) is 73.4 Å². The van der Waals surface area contributed by atoms with Crippen molar-refractivity contribution >= 4 is 46.3 Å². The van der Waals surface area contributed by atoms with Gasteiger partial charge in [0.2, 0.25) is 0 Å². The molecule has 4 rings (SSSR count). The number of amides is 1. The topological polar surface area (TPSA) is 55.4 Å². The Balaban J connectivity index is 1.32. The second kappa shape index (κ2) is 9.67. The average molecular weight is 450 g/mol. The van der Waals surface area contributed by atoms with E-state index in [-0.39, 0.29) is 17.9 Å². The molecule has 0 saturated heterocycles. The maximum atomic E-state index is 12.9. The minimum absolute atomic E-state index is 0.0742. The number of nitrogens with one attached hydrogen (secondary N) is 1. The van der Waals surface area contributed by atoms with Gasteiger partial charge in [-0.1, -0.05) is 24.2 Å². The summed E-state index contributed by atoms with van der Waals surface area (Å²) >= 11 is 5.02. The summed E-state index contributed by atoms with van der Waals surface area (Å²) in [5, 5.41) is 5.46. The number of hydrogen-bond acceptors (Lipinski definition) is 6. The van der Waals surface area contributed by atoms with Gasteiger partial charge < -0.3 is 10.1 Å². The highest BCUT2D eigenvalue weighted by Crippen LogP contribution is 2.50. The molecular weight excluding hydrogens is 422 g/mol. The molecule has 0 unspecified atom stereocenters. The van der Waals surface area contributed by atoms with Crippen LogP contribution in [0.25, 0.3) is 0 Å². The van der Waals surface area contributed by atoms with Crippen LogP contribution in [0.2, 0.25) is 0 Å². The Morgan fingerprint density at radius 2 is 2.03 bits per heavy atom. The Morgan fingerprint density at radius 1 is 1.17 bits per heavy atom. The first-order chi connectivity index (χ1) is 14.1. The van der Waals surface area contributed by atoms with Crippen molar-refractivity contribution in [3.05, 3.63) is 34.5 Å². The molecule has 2 aromatic heterocycles. The van der Waals surface area contributed by atoms with Crippen molar-refractivity contribution in [3.8, 4) is 0 Å². The normalized spacial score (nSPS) is 25.3. The number of esters is 1. The molecule has 0 radical (unpaired) electrons. The fourth-order valence-electron chi connectivity index (χ4n) is 4.94.